The lowest BCUT2D eigenvalue weighted by Gasteiger charge is -2.20. The van der Waals surface area contributed by atoms with Crippen LogP contribution < -0.4 is 5.32 Å². The molecular formula is C12H18ClN. The molecule has 0 bridgehead atoms. The van der Waals surface area contributed by atoms with Crippen LogP contribution in [0, 0.1) is 12.3 Å². The molecule has 0 saturated carbocycles. The zero-order chi connectivity index (χ0) is 10.8. The number of rotatable bonds is 2. The topological polar surface area (TPSA) is 12.0 Å². The number of halogens is 1. The molecule has 14 heavy (non-hydrogen) atoms. The third-order valence-corrected chi connectivity index (χ3v) is 2.23. The van der Waals surface area contributed by atoms with Crippen LogP contribution in [0.3, 0.4) is 0 Å². The second kappa shape index (κ2) is 4.22. The molecule has 2 heteroatoms. The van der Waals surface area contributed by atoms with Crippen molar-refractivity contribution >= 4 is 17.3 Å². The van der Waals surface area contributed by atoms with Crippen LogP contribution in [0.5, 0.6) is 0 Å². The third kappa shape index (κ3) is 3.59. The van der Waals surface area contributed by atoms with Gasteiger partial charge in [0.2, 0.25) is 0 Å². The molecule has 0 spiro atoms. The highest BCUT2D eigenvalue weighted by Gasteiger charge is 2.09. The maximum Gasteiger partial charge on any atom is 0.0410 e. The number of benzene rings is 1. The summed E-state index contributed by atoms with van der Waals surface area (Å²) in [6.45, 7) is 9.67. The average molecular weight is 212 g/mol. The van der Waals surface area contributed by atoms with Crippen LogP contribution in [-0.2, 0) is 0 Å². The summed E-state index contributed by atoms with van der Waals surface area (Å²) in [5, 5.41) is 4.22. The molecule has 78 valence electrons. The third-order valence-electron chi connectivity index (χ3n) is 2.00. The summed E-state index contributed by atoms with van der Waals surface area (Å²) in [6, 6.07) is 5.93. The van der Waals surface area contributed by atoms with Gasteiger partial charge in [0, 0.05) is 17.3 Å². The molecule has 1 N–H and O–H groups in total. The molecule has 0 radical (unpaired) electrons. The summed E-state index contributed by atoms with van der Waals surface area (Å²) in [7, 11) is 0. The molecule has 0 saturated heterocycles. The lowest BCUT2D eigenvalue weighted by atomic mass is 9.97. The number of aryl methyl sites for hydroxylation is 1. The minimum atomic E-state index is 0.298. The van der Waals surface area contributed by atoms with Crippen molar-refractivity contribution in [2.24, 2.45) is 5.41 Å². The number of hydrogen-bond acceptors (Lipinski definition) is 1. The average Bonchev–Trinajstić information content (AvgIpc) is 2.00. The fourth-order valence-corrected chi connectivity index (χ4v) is 1.41. The minimum Gasteiger partial charge on any atom is -0.384 e. The van der Waals surface area contributed by atoms with Crippen LogP contribution in [-0.4, -0.2) is 6.54 Å². The van der Waals surface area contributed by atoms with E-state index < -0.39 is 0 Å². The molecule has 1 aromatic carbocycles. The molecule has 1 rings (SSSR count). The van der Waals surface area contributed by atoms with Gasteiger partial charge in [-0.2, -0.15) is 0 Å². The molecule has 0 atom stereocenters. The van der Waals surface area contributed by atoms with Crippen LogP contribution in [0.4, 0.5) is 5.69 Å². The van der Waals surface area contributed by atoms with Crippen LogP contribution >= 0.6 is 11.6 Å². The van der Waals surface area contributed by atoms with E-state index in [1.807, 2.05) is 18.2 Å². The number of anilines is 1. The van der Waals surface area contributed by atoms with Crippen molar-refractivity contribution in [1.82, 2.24) is 0 Å². The Morgan fingerprint density at radius 1 is 1.29 bits per heavy atom. The Bertz CT molecular complexity index is 313. The molecule has 0 fully saturated rings. The maximum atomic E-state index is 5.88. The van der Waals surface area contributed by atoms with Crippen LogP contribution in [0.25, 0.3) is 0 Å². The maximum absolute atomic E-state index is 5.88. The van der Waals surface area contributed by atoms with Crippen molar-refractivity contribution in [3.8, 4) is 0 Å². The molecule has 0 aromatic heterocycles. The molecule has 1 nitrogen and oxygen atoms in total. The normalized spacial score (nSPS) is 11.5. The van der Waals surface area contributed by atoms with Crippen LogP contribution in [0.15, 0.2) is 18.2 Å². The Labute approximate surface area is 91.5 Å². The Kier molecular flexibility index (Phi) is 3.43. The largest absolute Gasteiger partial charge is 0.384 e. The minimum absolute atomic E-state index is 0.298. The molecule has 0 aliphatic rings. The highest BCUT2D eigenvalue weighted by Crippen LogP contribution is 2.21. The first kappa shape index (κ1) is 11.4. The van der Waals surface area contributed by atoms with Crippen molar-refractivity contribution in [3.05, 3.63) is 28.8 Å². The summed E-state index contributed by atoms with van der Waals surface area (Å²) in [5.74, 6) is 0. The Balaban J connectivity index is 2.68. The van der Waals surface area contributed by atoms with Crippen LogP contribution in [0.1, 0.15) is 26.3 Å². The SMILES string of the molecule is Cc1cc(Cl)ccc1NCC(C)(C)C. The Morgan fingerprint density at radius 3 is 2.43 bits per heavy atom. The zero-order valence-electron chi connectivity index (χ0n) is 9.32. The van der Waals surface area contributed by atoms with E-state index in [-0.39, 0.29) is 0 Å². The van der Waals surface area contributed by atoms with Gasteiger partial charge in [-0.25, -0.2) is 0 Å². The van der Waals surface area contributed by atoms with Crippen molar-refractivity contribution in [1.29, 1.82) is 0 Å². The Morgan fingerprint density at radius 2 is 1.93 bits per heavy atom. The lowest BCUT2D eigenvalue weighted by Crippen LogP contribution is -2.19. The first-order valence-corrected chi connectivity index (χ1v) is 5.26. The van der Waals surface area contributed by atoms with Gasteiger partial charge in [0.05, 0.1) is 0 Å². The summed E-state index contributed by atoms with van der Waals surface area (Å²) in [6.07, 6.45) is 0. The van der Waals surface area contributed by atoms with E-state index in [9.17, 15) is 0 Å². The predicted octanol–water partition coefficient (Wildman–Crippen LogP) is 4.11. The highest BCUT2D eigenvalue weighted by molar-refractivity contribution is 6.30. The second-order valence-corrected chi connectivity index (χ2v) is 5.31. The van der Waals surface area contributed by atoms with Crippen molar-refractivity contribution < 1.29 is 0 Å². The molecule has 0 aliphatic carbocycles. The van der Waals surface area contributed by atoms with E-state index in [2.05, 4.69) is 33.0 Å². The van der Waals surface area contributed by atoms with E-state index in [4.69, 9.17) is 11.6 Å². The monoisotopic (exact) mass is 211 g/mol. The first-order chi connectivity index (χ1) is 6.38. The summed E-state index contributed by atoms with van der Waals surface area (Å²) < 4.78 is 0. The van der Waals surface area contributed by atoms with Crippen molar-refractivity contribution in [2.45, 2.75) is 27.7 Å². The van der Waals surface area contributed by atoms with E-state index in [0.29, 0.717) is 5.41 Å². The molecule has 0 heterocycles. The predicted molar refractivity (Wildman–Crippen MR) is 64.1 cm³/mol. The second-order valence-electron chi connectivity index (χ2n) is 4.87. The van der Waals surface area contributed by atoms with Gasteiger partial charge in [-0.05, 0) is 36.1 Å². The van der Waals surface area contributed by atoms with Crippen LogP contribution in [0.2, 0.25) is 5.02 Å². The molecule has 1 aromatic rings. The van der Waals surface area contributed by atoms with Gasteiger partial charge in [-0.1, -0.05) is 32.4 Å². The van der Waals surface area contributed by atoms with Gasteiger partial charge < -0.3 is 5.32 Å². The summed E-state index contributed by atoms with van der Waals surface area (Å²) in [5.41, 5.74) is 2.66. The van der Waals surface area contributed by atoms with E-state index in [0.717, 1.165) is 11.6 Å². The molecule has 0 aliphatic heterocycles. The smallest absolute Gasteiger partial charge is 0.0410 e. The van der Waals surface area contributed by atoms with Crippen molar-refractivity contribution in [3.63, 3.8) is 0 Å². The standard InChI is InChI=1S/C12H18ClN/c1-9-7-10(13)5-6-11(9)14-8-12(2,3)4/h5-7,14H,8H2,1-4H3. The first-order valence-electron chi connectivity index (χ1n) is 4.88. The van der Waals surface area contributed by atoms with Gasteiger partial charge in [0.15, 0.2) is 0 Å². The molecular weight excluding hydrogens is 194 g/mol. The zero-order valence-corrected chi connectivity index (χ0v) is 10.1. The lowest BCUT2D eigenvalue weighted by molar-refractivity contribution is 0.443. The number of nitrogens with one attached hydrogen (secondary N) is 1. The summed E-state index contributed by atoms with van der Waals surface area (Å²) >= 11 is 5.88. The highest BCUT2D eigenvalue weighted by atomic mass is 35.5. The van der Waals surface area contributed by atoms with Crippen molar-refractivity contribution in [2.75, 3.05) is 11.9 Å². The molecule has 0 unspecified atom stereocenters. The van der Waals surface area contributed by atoms with E-state index in [1.165, 1.54) is 11.3 Å². The quantitative estimate of drug-likeness (QED) is 0.777. The van der Waals surface area contributed by atoms with Gasteiger partial charge in [0.1, 0.15) is 0 Å². The summed E-state index contributed by atoms with van der Waals surface area (Å²) in [4.78, 5) is 0. The van der Waals surface area contributed by atoms with Gasteiger partial charge in [-0.3, -0.25) is 0 Å². The fraction of sp³-hybridized carbons (Fsp3) is 0.500. The van der Waals surface area contributed by atoms with Gasteiger partial charge in [0.25, 0.3) is 0 Å². The van der Waals surface area contributed by atoms with Gasteiger partial charge in [-0.15, -0.1) is 0 Å². The fourth-order valence-electron chi connectivity index (χ4n) is 1.19. The van der Waals surface area contributed by atoms with E-state index >= 15 is 0 Å². The molecule has 0 amide bonds. The number of hydrogen-bond donors (Lipinski definition) is 1. The van der Waals surface area contributed by atoms with E-state index in [1.54, 1.807) is 0 Å². The van der Waals surface area contributed by atoms with Gasteiger partial charge >= 0.3 is 0 Å². The Hall–Kier alpha value is -0.690.